The fraction of sp³-hybridized carbons (Fsp3) is 0.667. The number of rotatable bonds is 2. The van der Waals surface area contributed by atoms with Gasteiger partial charge in [-0.05, 0) is 72.9 Å². The van der Waals surface area contributed by atoms with Crippen LogP contribution in [0.15, 0.2) is 18.2 Å². The molecule has 7 heteroatoms. The molecule has 0 aliphatic carbocycles. The number of carbonyl (C=O) groups is 1. The van der Waals surface area contributed by atoms with E-state index >= 15 is 0 Å². The Labute approximate surface area is 167 Å². The molecule has 2 aliphatic rings. The normalized spacial score (nSPS) is 23.9. The summed E-state index contributed by atoms with van der Waals surface area (Å²) in [4.78, 5) is 14.3. The van der Waals surface area contributed by atoms with Crippen LogP contribution in [0.1, 0.15) is 72.9 Å². The van der Waals surface area contributed by atoms with Gasteiger partial charge in [0, 0.05) is 12.0 Å². The Morgan fingerprint density at radius 3 is 2.39 bits per heavy atom. The van der Waals surface area contributed by atoms with Crippen molar-refractivity contribution in [1.82, 2.24) is 4.90 Å². The molecule has 3 rings (SSSR count). The molecule has 1 atom stereocenters. The third kappa shape index (κ3) is 4.06. The molecule has 0 N–H and O–H groups in total. The Morgan fingerprint density at radius 2 is 1.82 bits per heavy atom. The van der Waals surface area contributed by atoms with Crippen LogP contribution in [0.25, 0.3) is 0 Å². The van der Waals surface area contributed by atoms with E-state index in [-0.39, 0.29) is 18.0 Å². The standard InChI is InChI=1S/C21H31BFNO4/c1-19(2,3)26-18(25)24-12-8-9-17(24)14-10-11-16(23)15(13-14)22-27-20(4,5)21(6,7)28-22/h10-11,13,17H,8-9,12H2,1-7H3. The molecular weight excluding hydrogens is 360 g/mol. The van der Waals surface area contributed by atoms with Crippen molar-refractivity contribution in [3.63, 3.8) is 0 Å². The monoisotopic (exact) mass is 391 g/mol. The van der Waals surface area contributed by atoms with Crippen LogP contribution < -0.4 is 5.46 Å². The number of halogens is 1. The average molecular weight is 391 g/mol. The number of likely N-dealkylation sites (tertiary alicyclic amines) is 1. The second-order valence-corrected chi connectivity index (χ2v) is 9.70. The highest BCUT2D eigenvalue weighted by Gasteiger charge is 2.52. The molecule has 1 amide bonds. The van der Waals surface area contributed by atoms with Gasteiger partial charge in [-0.15, -0.1) is 0 Å². The van der Waals surface area contributed by atoms with Gasteiger partial charge in [0.1, 0.15) is 11.4 Å². The van der Waals surface area contributed by atoms with E-state index in [1.54, 1.807) is 17.0 Å². The van der Waals surface area contributed by atoms with Gasteiger partial charge in [0.25, 0.3) is 0 Å². The first-order valence-corrected chi connectivity index (χ1v) is 9.95. The van der Waals surface area contributed by atoms with Crippen LogP contribution >= 0.6 is 0 Å². The highest BCUT2D eigenvalue weighted by molar-refractivity contribution is 6.62. The van der Waals surface area contributed by atoms with Crippen molar-refractivity contribution in [1.29, 1.82) is 0 Å². The molecule has 0 spiro atoms. The van der Waals surface area contributed by atoms with E-state index in [2.05, 4.69) is 0 Å². The molecule has 154 valence electrons. The molecule has 0 aromatic heterocycles. The predicted molar refractivity (Wildman–Crippen MR) is 107 cm³/mol. The third-order valence-electron chi connectivity index (χ3n) is 5.79. The van der Waals surface area contributed by atoms with E-state index in [0.717, 1.165) is 18.4 Å². The molecule has 0 bridgehead atoms. The molecule has 1 unspecified atom stereocenters. The Hall–Kier alpha value is -1.60. The lowest BCUT2D eigenvalue weighted by Gasteiger charge is -2.32. The summed E-state index contributed by atoms with van der Waals surface area (Å²) in [6.45, 7) is 13.9. The summed E-state index contributed by atoms with van der Waals surface area (Å²) in [5, 5.41) is 0. The molecule has 1 aromatic carbocycles. The number of carbonyl (C=O) groups excluding carboxylic acids is 1. The largest absolute Gasteiger partial charge is 0.497 e. The smallest absolute Gasteiger partial charge is 0.444 e. The lowest BCUT2D eigenvalue weighted by atomic mass is 9.77. The van der Waals surface area contributed by atoms with E-state index in [9.17, 15) is 9.18 Å². The minimum atomic E-state index is -0.777. The van der Waals surface area contributed by atoms with Crippen LogP contribution in [-0.4, -0.2) is 41.5 Å². The van der Waals surface area contributed by atoms with Gasteiger partial charge in [0.05, 0.1) is 17.2 Å². The zero-order chi connectivity index (χ0) is 20.9. The Kier molecular flexibility index (Phi) is 5.30. The summed E-state index contributed by atoms with van der Waals surface area (Å²) in [6.07, 6.45) is 1.36. The summed E-state index contributed by atoms with van der Waals surface area (Å²) in [5.74, 6) is -0.371. The summed E-state index contributed by atoms with van der Waals surface area (Å²) in [7, 11) is -0.777. The second kappa shape index (κ2) is 7.03. The maximum absolute atomic E-state index is 14.6. The fourth-order valence-corrected chi connectivity index (χ4v) is 3.57. The highest BCUT2D eigenvalue weighted by atomic mass is 19.1. The van der Waals surface area contributed by atoms with Crippen LogP contribution in [0, 0.1) is 5.82 Å². The zero-order valence-electron chi connectivity index (χ0n) is 18.0. The van der Waals surface area contributed by atoms with Crippen molar-refractivity contribution < 1.29 is 23.2 Å². The van der Waals surface area contributed by atoms with E-state index < -0.39 is 23.9 Å². The van der Waals surface area contributed by atoms with Gasteiger partial charge in [-0.1, -0.05) is 12.1 Å². The fourth-order valence-electron chi connectivity index (χ4n) is 3.57. The molecule has 2 fully saturated rings. The van der Waals surface area contributed by atoms with Gasteiger partial charge in [0.2, 0.25) is 0 Å². The molecule has 28 heavy (non-hydrogen) atoms. The highest BCUT2D eigenvalue weighted by Crippen LogP contribution is 2.37. The number of hydrogen-bond acceptors (Lipinski definition) is 4. The first-order valence-electron chi connectivity index (χ1n) is 9.95. The molecular formula is C21H31BFNO4. The minimum absolute atomic E-state index is 0.142. The number of hydrogen-bond donors (Lipinski definition) is 0. The van der Waals surface area contributed by atoms with Crippen LogP contribution in [0.4, 0.5) is 9.18 Å². The molecule has 2 aliphatic heterocycles. The lowest BCUT2D eigenvalue weighted by Crippen LogP contribution is -2.41. The number of benzene rings is 1. The van der Waals surface area contributed by atoms with Crippen LogP contribution in [0.3, 0.4) is 0 Å². The maximum atomic E-state index is 14.6. The van der Waals surface area contributed by atoms with Gasteiger partial charge in [-0.2, -0.15) is 0 Å². The van der Waals surface area contributed by atoms with Crippen molar-refractivity contribution in [3.05, 3.63) is 29.6 Å². The summed E-state index contributed by atoms with van der Waals surface area (Å²) in [6, 6.07) is 4.79. The van der Waals surface area contributed by atoms with Crippen molar-refractivity contribution >= 4 is 18.7 Å². The van der Waals surface area contributed by atoms with Gasteiger partial charge < -0.3 is 18.9 Å². The first-order chi connectivity index (χ1) is 12.8. The lowest BCUT2D eigenvalue weighted by molar-refractivity contribution is 0.00578. The van der Waals surface area contributed by atoms with E-state index in [0.29, 0.717) is 12.0 Å². The van der Waals surface area contributed by atoms with E-state index in [1.165, 1.54) is 6.07 Å². The quantitative estimate of drug-likeness (QED) is 0.710. The van der Waals surface area contributed by atoms with Gasteiger partial charge in [-0.3, -0.25) is 0 Å². The minimum Gasteiger partial charge on any atom is -0.444 e. The Balaban J connectivity index is 1.86. The Morgan fingerprint density at radius 1 is 1.21 bits per heavy atom. The summed E-state index contributed by atoms with van der Waals surface area (Å²) >= 11 is 0. The first kappa shape index (κ1) is 21.1. The molecule has 2 heterocycles. The molecule has 1 aromatic rings. The van der Waals surface area contributed by atoms with Gasteiger partial charge in [0.15, 0.2) is 0 Å². The van der Waals surface area contributed by atoms with E-state index in [1.807, 2.05) is 48.5 Å². The number of amides is 1. The number of ether oxygens (including phenoxy) is 1. The van der Waals surface area contributed by atoms with Gasteiger partial charge >= 0.3 is 13.2 Å². The zero-order valence-corrected chi connectivity index (χ0v) is 18.0. The SMILES string of the molecule is CC(C)(C)OC(=O)N1CCCC1c1ccc(F)c(B2OC(C)(C)C(C)(C)O2)c1. The maximum Gasteiger partial charge on any atom is 0.497 e. The number of nitrogens with zero attached hydrogens (tertiary/aromatic N) is 1. The molecule has 5 nitrogen and oxygen atoms in total. The van der Waals surface area contributed by atoms with Crippen molar-refractivity contribution in [2.24, 2.45) is 0 Å². The van der Waals surface area contributed by atoms with Crippen LogP contribution in [-0.2, 0) is 14.0 Å². The second-order valence-electron chi connectivity index (χ2n) is 9.70. The van der Waals surface area contributed by atoms with E-state index in [4.69, 9.17) is 14.0 Å². The van der Waals surface area contributed by atoms with Crippen molar-refractivity contribution in [2.45, 2.75) is 84.2 Å². The third-order valence-corrected chi connectivity index (χ3v) is 5.79. The Bertz CT molecular complexity index is 743. The van der Waals surface area contributed by atoms with Crippen LogP contribution in [0.5, 0.6) is 0 Å². The topological polar surface area (TPSA) is 48.0 Å². The van der Waals surface area contributed by atoms with Crippen molar-refractivity contribution in [2.75, 3.05) is 6.54 Å². The summed E-state index contributed by atoms with van der Waals surface area (Å²) in [5.41, 5.74) is -0.408. The summed E-state index contributed by atoms with van der Waals surface area (Å²) < 4.78 is 32.2. The van der Waals surface area contributed by atoms with Crippen LogP contribution in [0.2, 0.25) is 0 Å². The predicted octanol–water partition coefficient (Wildman–Crippen LogP) is 4.20. The molecule has 2 saturated heterocycles. The average Bonchev–Trinajstić information content (AvgIpc) is 3.09. The van der Waals surface area contributed by atoms with Gasteiger partial charge in [-0.25, -0.2) is 9.18 Å². The molecule has 0 saturated carbocycles. The molecule has 0 radical (unpaired) electrons. The van der Waals surface area contributed by atoms with Crippen molar-refractivity contribution in [3.8, 4) is 0 Å².